The number of nitrogens with zero attached hydrogens (tertiary/aromatic N) is 1. The summed E-state index contributed by atoms with van der Waals surface area (Å²) in [5.74, 6) is 1.09. The van der Waals surface area contributed by atoms with E-state index in [4.69, 9.17) is 14.9 Å². The molecule has 0 aliphatic rings. The van der Waals surface area contributed by atoms with Gasteiger partial charge in [-0.3, -0.25) is 0 Å². The lowest BCUT2D eigenvalue weighted by atomic mass is 10.1. The van der Waals surface area contributed by atoms with Gasteiger partial charge in [-0.15, -0.1) is 0 Å². The van der Waals surface area contributed by atoms with Gasteiger partial charge in [0.1, 0.15) is 24.3 Å². The number of halogens is 3. The molecule has 0 amide bonds. The van der Waals surface area contributed by atoms with Crippen LogP contribution in [0.4, 0.5) is 13.2 Å². The van der Waals surface area contributed by atoms with Crippen molar-refractivity contribution in [1.29, 1.82) is 0 Å². The third-order valence-electron chi connectivity index (χ3n) is 4.46. The molecule has 0 saturated carbocycles. The number of alkyl halides is 3. The zero-order chi connectivity index (χ0) is 21.4. The second-order valence-electron chi connectivity index (χ2n) is 6.81. The Kier molecular flexibility index (Phi) is 7.30. The van der Waals surface area contributed by atoms with Crippen molar-refractivity contribution in [3.05, 3.63) is 83.1 Å². The first-order chi connectivity index (χ1) is 14.4. The highest BCUT2D eigenvalue weighted by atomic mass is 19.4. The lowest BCUT2D eigenvalue weighted by molar-refractivity contribution is -0.137. The summed E-state index contributed by atoms with van der Waals surface area (Å²) in [4.78, 5) is 4.29. The fourth-order valence-corrected chi connectivity index (χ4v) is 2.80. The van der Waals surface area contributed by atoms with Gasteiger partial charge in [0.15, 0.2) is 0 Å². The number of hydrogen-bond donors (Lipinski definition) is 1. The summed E-state index contributed by atoms with van der Waals surface area (Å²) in [5.41, 5.74) is 7.30. The minimum absolute atomic E-state index is 0.254. The molecule has 1 aromatic heterocycles. The Bertz CT molecular complexity index is 946. The van der Waals surface area contributed by atoms with Crippen LogP contribution in [0, 0.1) is 0 Å². The molecular formula is C23H23F3N2O2. The number of rotatable bonds is 9. The van der Waals surface area contributed by atoms with Gasteiger partial charge in [-0.1, -0.05) is 24.3 Å². The van der Waals surface area contributed by atoms with Crippen molar-refractivity contribution >= 4 is 12.2 Å². The van der Waals surface area contributed by atoms with Crippen LogP contribution < -0.4 is 10.5 Å². The van der Waals surface area contributed by atoms with E-state index in [1.54, 1.807) is 12.2 Å². The molecule has 158 valence electrons. The van der Waals surface area contributed by atoms with Crippen LogP contribution in [-0.2, 0) is 19.2 Å². The van der Waals surface area contributed by atoms with Crippen LogP contribution in [0.2, 0.25) is 0 Å². The number of aromatic nitrogens is 1. The largest absolute Gasteiger partial charge is 0.487 e. The van der Waals surface area contributed by atoms with E-state index in [-0.39, 0.29) is 6.61 Å². The van der Waals surface area contributed by atoms with E-state index in [1.807, 2.05) is 24.3 Å². The number of nitrogens with two attached hydrogens (primary N) is 1. The molecule has 0 spiro atoms. The number of unbranched alkanes of at least 4 members (excludes halogenated alkanes) is 1. The SMILES string of the molecule is NCCCCc1ccc(OCc2coc(/C=C/c3ccc(C(F)(F)F)cc3)n2)cc1. The Labute approximate surface area is 173 Å². The molecule has 1 heterocycles. The molecule has 0 aliphatic carbocycles. The van der Waals surface area contributed by atoms with Gasteiger partial charge in [-0.25, -0.2) is 4.98 Å². The summed E-state index contributed by atoms with van der Waals surface area (Å²) in [6.45, 7) is 0.963. The normalized spacial score (nSPS) is 11.9. The summed E-state index contributed by atoms with van der Waals surface area (Å²) in [7, 11) is 0. The van der Waals surface area contributed by atoms with Crippen LogP contribution in [-0.4, -0.2) is 11.5 Å². The topological polar surface area (TPSA) is 61.3 Å². The number of ether oxygens (including phenoxy) is 1. The van der Waals surface area contributed by atoms with E-state index in [9.17, 15) is 13.2 Å². The van der Waals surface area contributed by atoms with Crippen molar-refractivity contribution in [1.82, 2.24) is 4.98 Å². The number of benzene rings is 2. The molecule has 0 fully saturated rings. The summed E-state index contributed by atoms with van der Waals surface area (Å²) in [6, 6.07) is 12.8. The molecule has 0 radical (unpaired) electrons. The molecule has 3 rings (SSSR count). The molecule has 30 heavy (non-hydrogen) atoms. The van der Waals surface area contributed by atoms with Crippen LogP contribution in [0.5, 0.6) is 5.75 Å². The lowest BCUT2D eigenvalue weighted by Crippen LogP contribution is -2.03. The maximum atomic E-state index is 12.6. The summed E-state index contributed by atoms with van der Waals surface area (Å²) < 4.78 is 48.9. The molecule has 7 heteroatoms. The minimum atomic E-state index is -4.34. The van der Waals surface area contributed by atoms with Crippen LogP contribution in [0.15, 0.2) is 59.2 Å². The summed E-state index contributed by atoms with van der Waals surface area (Å²) >= 11 is 0. The Morgan fingerprint density at radius 1 is 0.967 bits per heavy atom. The molecule has 0 saturated heterocycles. The molecule has 0 atom stereocenters. The molecule has 4 nitrogen and oxygen atoms in total. The van der Waals surface area contributed by atoms with Crippen molar-refractivity contribution < 1.29 is 22.3 Å². The number of oxazole rings is 1. The summed E-state index contributed by atoms with van der Waals surface area (Å²) in [6.07, 6.45) is 3.47. The van der Waals surface area contributed by atoms with Crippen LogP contribution in [0.3, 0.4) is 0 Å². The van der Waals surface area contributed by atoms with E-state index in [0.29, 0.717) is 23.7 Å². The van der Waals surface area contributed by atoms with Gasteiger partial charge in [-0.2, -0.15) is 13.2 Å². The van der Waals surface area contributed by atoms with Crippen LogP contribution in [0.1, 0.15) is 41.1 Å². The van der Waals surface area contributed by atoms with Gasteiger partial charge in [0, 0.05) is 6.08 Å². The van der Waals surface area contributed by atoms with Crippen molar-refractivity contribution in [2.24, 2.45) is 5.73 Å². The number of hydrogen-bond acceptors (Lipinski definition) is 4. The second kappa shape index (κ2) is 10.1. The minimum Gasteiger partial charge on any atom is -0.487 e. The van der Waals surface area contributed by atoms with E-state index >= 15 is 0 Å². The molecule has 3 aromatic rings. The third-order valence-corrected chi connectivity index (χ3v) is 4.46. The number of aryl methyl sites for hydroxylation is 1. The van der Waals surface area contributed by atoms with Gasteiger partial charge in [0.2, 0.25) is 5.89 Å². The van der Waals surface area contributed by atoms with Crippen molar-refractivity contribution in [3.8, 4) is 5.75 Å². The fourth-order valence-electron chi connectivity index (χ4n) is 2.80. The fraction of sp³-hybridized carbons (Fsp3) is 0.261. The quantitative estimate of drug-likeness (QED) is 0.453. The Morgan fingerprint density at radius 3 is 2.37 bits per heavy atom. The summed E-state index contributed by atoms with van der Waals surface area (Å²) in [5, 5.41) is 0. The molecule has 0 unspecified atom stereocenters. The highest BCUT2D eigenvalue weighted by Gasteiger charge is 2.29. The maximum Gasteiger partial charge on any atom is 0.416 e. The second-order valence-corrected chi connectivity index (χ2v) is 6.81. The van der Waals surface area contributed by atoms with E-state index in [2.05, 4.69) is 4.98 Å². The third kappa shape index (κ3) is 6.49. The molecule has 2 N–H and O–H groups in total. The Morgan fingerprint density at radius 2 is 1.70 bits per heavy atom. The van der Waals surface area contributed by atoms with Crippen molar-refractivity contribution in [2.75, 3.05) is 6.54 Å². The maximum absolute atomic E-state index is 12.6. The Balaban J connectivity index is 1.51. The van der Waals surface area contributed by atoms with E-state index < -0.39 is 11.7 Å². The monoisotopic (exact) mass is 416 g/mol. The predicted molar refractivity (Wildman–Crippen MR) is 110 cm³/mol. The molecule has 2 aromatic carbocycles. The van der Waals surface area contributed by atoms with E-state index in [1.165, 1.54) is 24.0 Å². The first-order valence-corrected chi connectivity index (χ1v) is 9.65. The predicted octanol–water partition coefficient (Wildman–Crippen LogP) is 5.72. The standard InChI is InChI=1S/C23H23F3N2O2/c24-23(25,26)19-9-4-18(5-10-19)8-13-22-28-20(16-30-22)15-29-21-11-6-17(7-12-21)3-1-2-14-27/h4-13,16H,1-3,14-15,27H2/b13-8+. The smallest absolute Gasteiger partial charge is 0.416 e. The highest BCUT2D eigenvalue weighted by Crippen LogP contribution is 2.29. The van der Waals surface area contributed by atoms with Crippen molar-refractivity contribution in [2.45, 2.75) is 32.0 Å². The lowest BCUT2D eigenvalue weighted by Gasteiger charge is -2.05. The first-order valence-electron chi connectivity index (χ1n) is 9.65. The van der Waals surface area contributed by atoms with Crippen LogP contribution >= 0.6 is 0 Å². The average Bonchev–Trinajstić information content (AvgIpc) is 3.19. The Hall–Kier alpha value is -3.06. The van der Waals surface area contributed by atoms with Gasteiger partial charge < -0.3 is 14.9 Å². The molecule has 0 aliphatic heterocycles. The first kappa shape index (κ1) is 21.6. The zero-order valence-electron chi connectivity index (χ0n) is 16.4. The van der Waals surface area contributed by atoms with Gasteiger partial charge in [0.05, 0.1) is 5.56 Å². The van der Waals surface area contributed by atoms with Crippen molar-refractivity contribution in [3.63, 3.8) is 0 Å². The average molecular weight is 416 g/mol. The molecule has 0 bridgehead atoms. The van der Waals surface area contributed by atoms with Gasteiger partial charge in [-0.05, 0) is 67.3 Å². The van der Waals surface area contributed by atoms with E-state index in [0.717, 1.165) is 37.1 Å². The highest BCUT2D eigenvalue weighted by molar-refractivity contribution is 5.66. The zero-order valence-corrected chi connectivity index (χ0v) is 16.4. The van der Waals surface area contributed by atoms with Gasteiger partial charge >= 0.3 is 6.18 Å². The van der Waals surface area contributed by atoms with Gasteiger partial charge in [0.25, 0.3) is 0 Å². The van der Waals surface area contributed by atoms with Crippen LogP contribution in [0.25, 0.3) is 12.2 Å². The molecular weight excluding hydrogens is 393 g/mol.